The normalized spacial score (nSPS) is 25.4. The van der Waals surface area contributed by atoms with E-state index >= 15 is 0 Å². The van der Waals surface area contributed by atoms with Crippen LogP contribution < -0.4 is 0 Å². The lowest BCUT2D eigenvalue weighted by Gasteiger charge is -2.50. The highest BCUT2D eigenvalue weighted by Gasteiger charge is 2.42. The summed E-state index contributed by atoms with van der Waals surface area (Å²) in [6.45, 7) is 12.9. The third-order valence-electron chi connectivity index (χ3n) is 5.75. The second-order valence-electron chi connectivity index (χ2n) is 8.41. The van der Waals surface area contributed by atoms with Gasteiger partial charge in [0.1, 0.15) is 0 Å². The molecule has 0 bridgehead atoms. The average Bonchev–Trinajstić information content (AvgIpc) is 2.35. The van der Waals surface area contributed by atoms with E-state index in [1.807, 2.05) is 0 Å². The molecule has 1 aliphatic carbocycles. The second-order valence-corrected chi connectivity index (χ2v) is 8.41. The van der Waals surface area contributed by atoms with E-state index in [0.717, 1.165) is 6.54 Å². The van der Waals surface area contributed by atoms with Crippen LogP contribution in [0.3, 0.4) is 0 Å². The van der Waals surface area contributed by atoms with E-state index in [4.69, 9.17) is 0 Å². The standard InChI is InChI=1S/C19H29N/c1-18(2,3)15-10-13-8-7-9-16-17(13)14(11-15)12-20(6)19(16,4)5/h10-11,16H,7-9,12H2,1-6H3. The molecule has 0 fully saturated rings. The van der Waals surface area contributed by atoms with E-state index in [2.05, 4.69) is 58.7 Å². The first-order chi connectivity index (χ1) is 9.21. The van der Waals surface area contributed by atoms with E-state index in [9.17, 15) is 0 Å². The van der Waals surface area contributed by atoms with Gasteiger partial charge >= 0.3 is 0 Å². The van der Waals surface area contributed by atoms with Crippen molar-refractivity contribution in [2.75, 3.05) is 7.05 Å². The molecular formula is C19H29N. The van der Waals surface area contributed by atoms with Crippen molar-refractivity contribution in [3.8, 4) is 0 Å². The van der Waals surface area contributed by atoms with Crippen LogP contribution in [-0.2, 0) is 18.4 Å². The summed E-state index contributed by atoms with van der Waals surface area (Å²) in [7, 11) is 2.29. The first-order valence-electron chi connectivity index (χ1n) is 8.08. The molecular weight excluding hydrogens is 242 g/mol. The Balaban J connectivity index is 2.19. The van der Waals surface area contributed by atoms with Crippen LogP contribution in [0, 0.1) is 0 Å². The van der Waals surface area contributed by atoms with Crippen molar-refractivity contribution >= 4 is 0 Å². The fourth-order valence-electron chi connectivity index (χ4n) is 4.07. The fourth-order valence-corrected chi connectivity index (χ4v) is 4.07. The number of rotatable bonds is 0. The van der Waals surface area contributed by atoms with E-state index in [0.29, 0.717) is 11.5 Å². The van der Waals surface area contributed by atoms with Crippen LogP contribution in [0.2, 0.25) is 0 Å². The number of hydrogen-bond acceptors (Lipinski definition) is 1. The Morgan fingerprint density at radius 1 is 1.15 bits per heavy atom. The lowest BCUT2D eigenvalue weighted by Crippen LogP contribution is -2.50. The maximum absolute atomic E-state index is 2.56. The van der Waals surface area contributed by atoms with Gasteiger partial charge in [0.15, 0.2) is 0 Å². The average molecular weight is 271 g/mol. The van der Waals surface area contributed by atoms with Crippen molar-refractivity contribution in [3.63, 3.8) is 0 Å². The molecule has 1 aromatic rings. The molecule has 1 aromatic carbocycles. The van der Waals surface area contributed by atoms with Crippen molar-refractivity contribution in [1.29, 1.82) is 0 Å². The molecule has 0 aromatic heterocycles. The van der Waals surface area contributed by atoms with Gasteiger partial charge in [-0.2, -0.15) is 0 Å². The topological polar surface area (TPSA) is 3.24 Å². The minimum absolute atomic E-state index is 0.254. The molecule has 3 rings (SSSR count). The Hall–Kier alpha value is -0.820. The zero-order chi connectivity index (χ0) is 14.7. The lowest BCUT2D eigenvalue weighted by molar-refractivity contribution is 0.0908. The number of aryl methyl sites for hydroxylation is 1. The van der Waals surface area contributed by atoms with Gasteiger partial charge in [-0.05, 0) is 67.8 Å². The third kappa shape index (κ3) is 2.02. The first kappa shape index (κ1) is 14.1. The maximum Gasteiger partial charge on any atom is 0.0239 e. The minimum Gasteiger partial charge on any atom is -0.296 e. The molecule has 2 aliphatic rings. The molecule has 20 heavy (non-hydrogen) atoms. The van der Waals surface area contributed by atoms with Crippen molar-refractivity contribution in [2.45, 2.75) is 77.3 Å². The summed E-state index contributed by atoms with van der Waals surface area (Å²) in [5.74, 6) is 0.717. The van der Waals surface area contributed by atoms with Gasteiger partial charge in [-0.25, -0.2) is 0 Å². The Labute approximate surface area is 124 Å². The number of benzene rings is 1. The molecule has 1 aliphatic heterocycles. The summed E-state index contributed by atoms with van der Waals surface area (Å²) in [5.41, 5.74) is 7.01. The molecule has 0 saturated carbocycles. The molecule has 1 heteroatoms. The van der Waals surface area contributed by atoms with Gasteiger partial charge in [0.2, 0.25) is 0 Å². The van der Waals surface area contributed by atoms with E-state index < -0.39 is 0 Å². The second kappa shape index (κ2) is 4.34. The molecule has 1 atom stereocenters. The van der Waals surface area contributed by atoms with Crippen molar-refractivity contribution < 1.29 is 0 Å². The molecule has 1 heterocycles. The third-order valence-corrected chi connectivity index (χ3v) is 5.75. The summed E-state index contributed by atoms with van der Waals surface area (Å²) >= 11 is 0. The van der Waals surface area contributed by atoms with E-state index in [1.165, 1.54) is 24.8 Å². The molecule has 0 saturated heterocycles. The van der Waals surface area contributed by atoms with E-state index in [-0.39, 0.29) is 5.41 Å². The predicted octanol–water partition coefficient (Wildman–Crippen LogP) is 4.63. The van der Waals surface area contributed by atoms with Crippen LogP contribution in [0.25, 0.3) is 0 Å². The lowest BCUT2D eigenvalue weighted by atomic mass is 9.67. The Morgan fingerprint density at radius 2 is 1.80 bits per heavy atom. The molecule has 0 radical (unpaired) electrons. The molecule has 0 amide bonds. The Bertz CT molecular complexity index is 533. The van der Waals surface area contributed by atoms with Gasteiger partial charge in [-0.3, -0.25) is 4.90 Å². The maximum atomic E-state index is 2.56. The zero-order valence-electron chi connectivity index (χ0n) is 14.0. The highest BCUT2D eigenvalue weighted by molar-refractivity contribution is 5.47. The summed E-state index contributed by atoms with van der Waals surface area (Å²) in [6.07, 6.45) is 3.98. The predicted molar refractivity (Wildman–Crippen MR) is 86.4 cm³/mol. The molecule has 1 nitrogen and oxygen atoms in total. The quantitative estimate of drug-likeness (QED) is 0.665. The SMILES string of the molecule is CN1Cc2cc(C(C)(C)C)cc3c2C(CCC3)C1(C)C. The van der Waals surface area contributed by atoms with Gasteiger partial charge in [-0.1, -0.05) is 32.9 Å². The van der Waals surface area contributed by atoms with Crippen LogP contribution in [0.4, 0.5) is 0 Å². The van der Waals surface area contributed by atoms with Gasteiger partial charge in [0, 0.05) is 18.0 Å². The molecule has 0 N–H and O–H groups in total. The molecule has 0 spiro atoms. The van der Waals surface area contributed by atoms with Crippen LogP contribution in [0.1, 0.15) is 75.6 Å². The zero-order valence-corrected chi connectivity index (χ0v) is 14.0. The summed E-state index contributed by atoms with van der Waals surface area (Å²) in [6, 6.07) is 5.00. The first-order valence-corrected chi connectivity index (χ1v) is 8.08. The van der Waals surface area contributed by atoms with Gasteiger partial charge in [0.05, 0.1) is 0 Å². The number of nitrogens with zero attached hydrogens (tertiary/aromatic N) is 1. The van der Waals surface area contributed by atoms with Crippen LogP contribution in [-0.4, -0.2) is 17.5 Å². The van der Waals surface area contributed by atoms with Gasteiger partial charge in [-0.15, -0.1) is 0 Å². The number of likely N-dealkylation sites (N-methyl/N-ethyl adjacent to an activating group) is 1. The van der Waals surface area contributed by atoms with Crippen LogP contribution in [0.5, 0.6) is 0 Å². The highest BCUT2D eigenvalue weighted by Crippen LogP contribution is 2.48. The van der Waals surface area contributed by atoms with E-state index in [1.54, 1.807) is 16.7 Å². The Kier molecular flexibility index (Phi) is 3.06. The highest BCUT2D eigenvalue weighted by atomic mass is 15.2. The summed E-state index contributed by atoms with van der Waals surface area (Å²) in [5, 5.41) is 0. The van der Waals surface area contributed by atoms with Crippen LogP contribution in [0.15, 0.2) is 12.1 Å². The summed E-state index contributed by atoms with van der Waals surface area (Å²) in [4.78, 5) is 2.56. The largest absolute Gasteiger partial charge is 0.296 e. The van der Waals surface area contributed by atoms with Crippen LogP contribution >= 0.6 is 0 Å². The van der Waals surface area contributed by atoms with Crippen molar-refractivity contribution in [3.05, 3.63) is 34.4 Å². The van der Waals surface area contributed by atoms with Crippen molar-refractivity contribution in [2.24, 2.45) is 0 Å². The van der Waals surface area contributed by atoms with Gasteiger partial charge < -0.3 is 0 Å². The number of hydrogen-bond donors (Lipinski definition) is 0. The Morgan fingerprint density at radius 3 is 2.45 bits per heavy atom. The monoisotopic (exact) mass is 271 g/mol. The molecule has 1 unspecified atom stereocenters. The fraction of sp³-hybridized carbons (Fsp3) is 0.684. The van der Waals surface area contributed by atoms with Gasteiger partial charge in [0.25, 0.3) is 0 Å². The minimum atomic E-state index is 0.254. The summed E-state index contributed by atoms with van der Waals surface area (Å²) < 4.78 is 0. The van der Waals surface area contributed by atoms with Crippen molar-refractivity contribution in [1.82, 2.24) is 4.90 Å². The smallest absolute Gasteiger partial charge is 0.0239 e. The molecule has 110 valence electrons.